The zero-order valence-corrected chi connectivity index (χ0v) is 11.1. The van der Waals surface area contributed by atoms with Gasteiger partial charge < -0.3 is 10.5 Å². The van der Waals surface area contributed by atoms with Crippen LogP contribution in [0.4, 0.5) is 0 Å². The average Bonchev–Trinajstić information content (AvgIpc) is 2.65. The van der Waals surface area contributed by atoms with E-state index in [9.17, 15) is 0 Å². The summed E-state index contributed by atoms with van der Waals surface area (Å²) < 4.78 is 7.60. The molecule has 0 saturated heterocycles. The topological polar surface area (TPSA) is 53.1 Å². The molecule has 0 amide bonds. The lowest BCUT2D eigenvalue weighted by Gasteiger charge is -2.10. The molecular formula is C14H19N3O. The Hall–Kier alpha value is -1.81. The number of benzene rings is 1. The van der Waals surface area contributed by atoms with Gasteiger partial charge in [0.15, 0.2) is 0 Å². The molecule has 1 unspecified atom stereocenters. The van der Waals surface area contributed by atoms with E-state index < -0.39 is 0 Å². The fourth-order valence-electron chi connectivity index (χ4n) is 1.84. The first-order valence-electron chi connectivity index (χ1n) is 6.04. The van der Waals surface area contributed by atoms with Gasteiger partial charge in [-0.2, -0.15) is 5.10 Å². The number of nitrogens with zero attached hydrogens (tertiary/aromatic N) is 2. The maximum atomic E-state index is 5.85. The Labute approximate surface area is 107 Å². The Morgan fingerprint density at radius 1 is 1.39 bits per heavy atom. The van der Waals surface area contributed by atoms with Crippen molar-refractivity contribution in [1.29, 1.82) is 0 Å². The fraction of sp³-hybridized carbons (Fsp3) is 0.357. The zero-order valence-electron chi connectivity index (χ0n) is 11.1. The van der Waals surface area contributed by atoms with Crippen molar-refractivity contribution in [2.45, 2.75) is 26.5 Å². The fourth-order valence-corrected chi connectivity index (χ4v) is 1.84. The third-order valence-electron chi connectivity index (χ3n) is 2.87. The molecule has 96 valence electrons. The standard InChI is InChI=1S/C14H19N3O/c1-10-7-13(17(3)16-10)9-18-14-6-4-5-12(8-14)11(2)15/h4-8,11H,9,15H2,1-3H3. The minimum atomic E-state index is 0.0208. The molecule has 4 heteroatoms. The molecule has 0 aliphatic rings. The van der Waals surface area contributed by atoms with Crippen LogP contribution in [0.3, 0.4) is 0 Å². The number of aryl methyl sites for hydroxylation is 2. The minimum Gasteiger partial charge on any atom is -0.487 e. The summed E-state index contributed by atoms with van der Waals surface area (Å²) in [5, 5.41) is 4.29. The van der Waals surface area contributed by atoms with Crippen molar-refractivity contribution in [3.05, 3.63) is 47.3 Å². The van der Waals surface area contributed by atoms with Crippen LogP contribution >= 0.6 is 0 Å². The summed E-state index contributed by atoms with van der Waals surface area (Å²) >= 11 is 0. The Morgan fingerprint density at radius 3 is 2.78 bits per heavy atom. The summed E-state index contributed by atoms with van der Waals surface area (Å²) in [6, 6.07) is 9.93. The van der Waals surface area contributed by atoms with Gasteiger partial charge >= 0.3 is 0 Å². The van der Waals surface area contributed by atoms with Crippen molar-refractivity contribution >= 4 is 0 Å². The number of aromatic nitrogens is 2. The number of hydrogen-bond donors (Lipinski definition) is 1. The van der Waals surface area contributed by atoms with Crippen LogP contribution in [0.25, 0.3) is 0 Å². The molecule has 0 aliphatic carbocycles. The van der Waals surface area contributed by atoms with Crippen molar-refractivity contribution in [1.82, 2.24) is 9.78 Å². The minimum absolute atomic E-state index is 0.0208. The summed E-state index contributed by atoms with van der Waals surface area (Å²) in [5.74, 6) is 0.837. The van der Waals surface area contributed by atoms with E-state index in [0.29, 0.717) is 6.61 Å². The van der Waals surface area contributed by atoms with Gasteiger partial charge in [0.1, 0.15) is 12.4 Å². The van der Waals surface area contributed by atoms with Gasteiger partial charge in [-0.05, 0) is 37.6 Å². The van der Waals surface area contributed by atoms with E-state index in [1.54, 1.807) is 0 Å². The van der Waals surface area contributed by atoms with Crippen molar-refractivity contribution in [2.24, 2.45) is 12.8 Å². The van der Waals surface area contributed by atoms with Crippen molar-refractivity contribution in [3.8, 4) is 5.75 Å². The molecule has 0 radical (unpaired) electrons. The molecule has 18 heavy (non-hydrogen) atoms. The molecule has 0 aliphatic heterocycles. The Bertz CT molecular complexity index is 532. The van der Waals surface area contributed by atoms with Gasteiger partial charge in [-0.1, -0.05) is 12.1 Å². The van der Waals surface area contributed by atoms with E-state index >= 15 is 0 Å². The molecule has 0 spiro atoms. The predicted octanol–water partition coefficient (Wildman–Crippen LogP) is 2.33. The summed E-state index contributed by atoms with van der Waals surface area (Å²) in [5.41, 5.74) is 8.98. The zero-order chi connectivity index (χ0) is 13.1. The quantitative estimate of drug-likeness (QED) is 0.899. The Morgan fingerprint density at radius 2 is 2.17 bits per heavy atom. The first kappa shape index (κ1) is 12.6. The summed E-state index contributed by atoms with van der Waals surface area (Å²) in [6.07, 6.45) is 0. The van der Waals surface area contributed by atoms with E-state index in [0.717, 1.165) is 22.7 Å². The lowest BCUT2D eigenvalue weighted by molar-refractivity contribution is 0.294. The molecule has 1 aromatic carbocycles. The third-order valence-corrected chi connectivity index (χ3v) is 2.87. The van der Waals surface area contributed by atoms with Crippen LogP contribution < -0.4 is 10.5 Å². The summed E-state index contributed by atoms with van der Waals surface area (Å²) in [4.78, 5) is 0. The van der Waals surface area contributed by atoms with E-state index in [1.165, 1.54) is 0 Å². The second kappa shape index (κ2) is 5.23. The molecule has 1 atom stereocenters. The van der Waals surface area contributed by atoms with Crippen LogP contribution in [0.5, 0.6) is 5.75 Å². The highest BCUT2D eigenvalue weighted by atomic mass is 16.5. The van der Waals surface area contributed by atoms with Gasteiger partial charge in [-0.3, -0.25) is 4.68 Å². The van der Waals surface area contributed by atoms with Gasteiger partial charge in [-0.15, -0.1) is 0 Å². The number of hydrogen-bond acceptors (Lipinski definition) is 3. The lowest BCUT2D eigenvalue weighted by Crippen LogP contribution is -2.06. The Kier molecular flexibility index (Phi) is 3.67. The van der Waals surface area contributed by atoms with Crippen LogP contribution in [-0.4, -0.2) is 9.78 Å². The van der Waals surface area contributed by atoms with Crippen LogP contribution in [0.1, 0.15) is 29.9 Å². The van der Waals surface area contributed by atoms with Crippen LogP contribution in [0, 0.1) is 6.92 Å². The SMILES string of the molecule is Cc1cc(COc2cccc(C(C)N)c2)n(C)n1. The van der Waals surface area contributed by atoms with Gasteiger partial charge in [-0.25, -0.2) is 0 Å². The smallest absolute Gasteiger partial charge is 0.130 e. The molecule has 1 heterocycles. The van der Waals surface area contributed by atoms with Crippen molar-refractivity contribution in [3.63, 3.8) is 0 Å². The molecule has 2 aromatic rings. The largest absolute Gasteiger partial charge is 0.487 e. The monoisotopic (exact) mass is 245 g/mol. The second-order valence-corrected chi connectivity index (χ2v) is 4.55. The number of ether oxygens (including phenoxy) is 1. The molecule has 2 N–H and O–H groups in total. The van der Waals surface area contributed by atoms with Crippen LogP contribution in [0.2, 0.25) is 0 Å². The first-order valence-corrected chi connectivity index (χ1v) is 6.04. The maximum Gasteiger partial charge on any atom is 0.130 e. The van der Waals surface area contributed by atoms with E-state index in [1.807, 2.05) is 55.9 Å². The second-order valence-electron chi connectivity index (χ2n) is 4.55. The molecule has 0 fully saturated rings. The van der Waals surface area contributed by atoms with E-state index in [4.69, 9.17) is 10.5 Å². The van der Waals surface area contributed by atoms with Gasteiger partial charge in [0.25, 0.3) is 0 Å². The third kappa shape index (κ3) is 2.90. The first-order chi connectivity index (χ1) is 8.56. The summed E-state index contributed by atoms with van der Waals surface area (Å²) in [7, 11) is 1.92. The van der Waals surface area contributed by atoms with Gasteiger partial charge in [0.2, 0.25) is 0 Å². The predicted molar refractivity (Wildman–Crippen MR) is 71.3 cm³/mol. The van der Waals surface area contributed by atoms with E-state index in [2.05, 4.69) is 5.10 Å². The molecule has 4 nitrogen and oxygen atoms in total. The Balaban J connectivity index is 2.06. The molecule has 0 saturated carbocycles. The molecule has 1 aromatic heterocycles. The highest BCUT2D eigenvalue weighted by molar-refractivity contribution is 5.30. The number of nitrogens with two attached hydrogens (primary N) is 1. The van der Waals surface area contributed by atoms with Crippen molar-refractivity contribution in [2.75, 3.05) is 0 Å². The number of rotatable bonds is 4. The van der Waals surface area contributed by atoms with Gasteiger partial charge in [0.05, 0.1) is 11.4 Å². The van der Waals surface area contributed by atoms with Crippen LogP contribution in [-0.2, 0) is 13.7 Å². The molecule has 0 bridgehead atoms. The highest BCUT2D eigenvalue weighted by Crippen LogP contribution is 2.18. The van der Waals surface area contributed by atoms with E-state index in [-0.39, 0.29) is 6.04 Å². The molecular weight excluding hydrogens is 226 g/mol. The van der Waals surface area contributed by atoms with Crippen LogP contribution in [0.15, 0.2) is 30.3 Å². The molecule has 2 rings (SSSR count). The average molecular weight is 245 g/mol. The normalized spacial score (nSPS) is 12.4. The highest BCUT2D eigenvalue weighted by Gasteiger charge is 2.04. The van der Waals surface area contributed by atoms with Gasteiger partial charge in [0, 0.05) is 13.1 Å². The summed E-state index contributed by atoms with van der Waals surface area (Å²) in [6.45, 7) is 4.45. The van der Waals surface area contributed by atoms with Crippen molar-refractivity contribution < 1.29 is 4.74 Å². The maximum absolute atomic E-state index is 5.85. The lowest BCUT2D eigenvalue weighted by atomic mass is 10.1.